The van der Waals surface area contributed by atoms with E-state index in [2.05, 4.69) is 13.6 Å². The molecule has 1 aliphatic rings. The van der Waals surface area contributed by atoms with E-state index in [1.165, 1.54) is 32.0 Å². The van der Waals surface area contributed by atoms with Crippen molar-refractivity contribution < 1.29 is 14.0 Å². The van der Waals surface area contributed by atoms with Crippen LogP contribution in [0.2, 0.25) is 0 Å². The standard InChI is InChI=1S/C10H18NO2/c1-3-10(12)13-9-8-11(2)6-4-5-7-11/h3H,1,4-9H2,2H3/q+1. The van der Waals surface area contributed by atoms with Crippen molar-refractivity contribution in [2.24, 2.45) is 0 Å². The van der Waals surface area contributed by atoms with Crippen LogP contribution in [-0.2, 0) is 9.53 Å². The van der Waals surface area contributed by atoms with Crippen LogP contribution in [0.25, 0.3) is 0 Å². The van der Waals surface area contributed by atoms with Crippen molar-refractivity contribution in [1.82, 2.24) is 0 Å². The first-order valence-corrected chi connectivity index (χ1v) is 4.79. The maximum absolute atomic E-state index is 10.7. The predicted octanol–water partition coefficient (Wildman–Crippen LogP) is 0.956. The number of ether oxygens (including phenoxy) is 1. The molecular weight excluding hydrogens is 166 g/mol. The Morgan fingerprint density at radius 3 is 2.69 bits per heavy atom. The molecule has 1 saturated heterocycles. The Morgan fingerprint density at radius 2 is 2.15 bits per heavy atom. The Kier molecular flexibility index (Phi) is 3.48. The van der Waals surface area contributed by atoms with Gasteiger partial charge in [-0.1, -0.05) is 6.58 Å². The van der Waals surface area contributed by atoms with E-state index in [0.717, 1.165) is 11.0 Å². The maximum Gasteiger partial charge on any atom is 0.330 e. The first-order valence-electron chi connectivity index (χ1n) is 4.79. The molecule has 0 N–H and O–H groups in total. The predicted molar refractivity (Wildman–Crippen MR) is 51.2 cm³/mol. The first kappa shape index (κ1) is 10.3. The molecular formula is C10H18NO2+. The van der Waals surface area contributed by atoms with Crippen molar-refractivity contribution in [3.63, 3.8) is 0 Å². The lowest BCUT2D eigenvalue weighted by molar-refractivity contribution is -0.897. The molecule has 0 aliphatic carbocycles. The molecule has 1 heterocycles. The van der Waals surface area contributed by atoms with Gasteiger partial charge in [0, 0.05) is 18.9 Å². The van der Waals surface area contributed by atoms with Gasteiger partial charge >= 0.3 is 5.97 Å². The van der Waals surface area contributed by atoms with E-state index in [1.54, 1.807) is 0 Å². The smallest absolute Gasteiger partial charge is 0.330 e. The lowest BCUT2D eigenvalue weighted by Crippen LogP contribution is -2.43. The van der Waals surface area contributed by atoms with E-state index in [-0.39, 0.29) is 5.97 Å². The van der Waals surface area contributed by atoms with E-state index in [9.17, 15) is 4.79 Å². The molecule has 0 atom stereocenters. The van der Waals surface area contributed by atoms with Crippen molar-refractivity contribution in [3.8, 4) is 0 Å². The van der Waals surface area contributed by atoms with Crippen LogP contribution in [0, 0.1) is 0 Å². The molecule has 74 valence electrons. The summed E-state index contributed by atoms with van der Waals surface area (Å²) in [6.45, 7) is 7.22. The number of carbonyl (C=O) groups is 1. The van der Waals surface area contributed by atoms with Crippen molar-refractivity contribution in [2.45, 2.75) is 12.8 Å². The van der Waals surface area contributed by atoms with Crippen LogP contribution in [0.5, 0.6) is 0 Å². The number of likely N-dealkylation sites (tertiary alicyclic amines) is 1. The van der Waals surface area contributed by atoms with E-state index in [1.807, 2.05) is 0 Å². The zero-order chi connectivity index (χ0) is 9.73. The Morgan fingerprint density at radius 1 is 1.54 bits per heavy atom. The number of esters is 1. The SMILES string of the molecule is C=CC(=O)OCC[N+]1(C)CCCC1. The largest absolute Gasteiger partial charge is 0.457 e. The number of carbonyl (C=O) groups excluding carboxylic acids is 1. The van der Waals surface area contributed by atoms with Gasteiger partial charge in [0.25, 0.3) is 0 Å². The fourth-order valence-electron chi connectivity index (χ4n) is 1.75. The van der Waals surface area contributed by atoms with Crippen molar-refractivity contribution >= 4 is 5.97 Å². The van der Waals surface area contributed by atoms with Crippen molar-refractivity contribution in [3.05, 3.63) is 12.7 Å². The van der Waals surface area contributed by atoms with Gasteiger partial charge in [-0.25, -0.2) is 4.79 Å². The van der Waals surface area contributed by atoms with Crippen molar-refractivity contribution in [2.75, 3.05) is 33.3 Å². The molecule has 0 aromatic carbocycles. The van der Waals surface area contributed by atoms with E-state index in [4.69, 9.17) is 4.74 Å². The van der Waals surface area contributed by atoms with Gasteiger partial charge in [-0.3, -0.25) is 0 Å². The zero-order valence-corrected chi connectivity index (χ0v) is 8.29. The minimum Gasteiger partial charge on any atom is -0.457 e. The van der Waals surface area contributed by atoms with E-state index in [0.29, 0.717) is 6.61 Å². The Hall–Kier alpha value is -0.830. The summed E-state index contributed by atoms with van der Waals surface area (Å²) < 4.78 is 5.99. The number of nitrogens with zero attached hydrogens (tertiary/aromatic N) is 1. The minimum atomic E-state index is -0.314. The van der Waals surface area contributed by atoms with Gasteiger partial charge in [0.2, 0.25) is 0 Å². The summed E-state index contributed by atoms with van der Waals surface area (Å²) in [5.74, 6) is -0.314. The van der Waals surface area contributed by atoms with Crippen LogP contribution in [0.15, 0.2) is 12.7 Å². The Labute approximate surface area is 79.6 Å². The Bertz CT molecular complexity index is 195. The highest BCUT2D eigenvalue weighted by Gasteiger charge is 2.26. The number of hydrogen-bond acceptors (Lipinski definition) is 2. The number of likely N-dealkylation sites (N-methyl/N-ethyl adjacent to an activating group) is 1. The molecule has 3 heteroatoms. The fraction of sp³-hybridized carbons (Fsp3) is 0.700. The number of rotatable bonds is 4. The van der Waals surface area contributed by atoms with E-state index >= 15 is 0 Å². The average Bonchev–Trinajstić information content (AvgIpc) is 2.52. The second-order valence-electron chi connectivity index (χ2n) is 3.87. The van der Waals surface area contributed by atoms with Crippen LogP contribution < -0.4 is 0 Å². The lowest BCUT2D eigenvalue weighted by atomic mass is 10.4. The van der Waals surface area contributed by atoms with Gasteiger partial charge in [0.05, 0.1) is 20.1 Å². The van der Waals surface area contributed by atoms with Gasteiger partial charge < -0.3 is 9.22 Å². The summed E-state index contributed by atoms with van der Waals surface area (Å²) in [7, 11) is 2.22. The van der Waals surface area contributed by atoms with Crippen molar-refractivity contribution in [1.29, 1.82) is 0 Å². The van der Waals surface area contributed by atoms with Crippen LogP contribution in [-0.4, -0.2) is 43.7 Å². The molecule has 1 fully saturated rings. The molecule has 0 saturated carbocycles. The molecule has 0 aromatic heterocycles. The van der Waals surface area contributed by atoms with Gasteiger partial charge in [0.1, 0.15) is 13.2 Å². The van der Waals surface area contributed by atoms with Crippen LogP contribution >= 0.6 is 0 Å². The van der Waals surface area contributed by atoms with Crippen LogP contribution in [0.3, 0.4) is 0 Å². The molecule has 0 amide bonds. The maximum atomic E-state index is 10.7. The van der Waals surface area contributed by atoms with Gasteiger partial charge in [-0.05, 0) is 0 Å². The second kappa shape index (κ2) is 4.42. The molecule has 3 nitrogen and oxygen atoms in total. The molecule has 0 spiro atoms. The monoisotopic (exact) mass is 184 g/mol. The summed E-state index contributed by atoms with van der Waals surface area (Å²) in [6.07, 6.45) is 3.81. The number of hydrogen-bond donors (Lipinski definition) is 0. The second-order valence-corrected chi connectivity index (χ2v) is 3.87. The molecule has 0 aromatic rings. The van der Waals surface area contributed by atoms with Gasteiger partial charge in [-0.2, -0.15) is 0 Å². The zero-order valence-electron chi connectivity index (χ0n) is 8.29. The first-order chi connectivity index (χ1) is 6.16. The molecule has 13 heavy (non-hydrogen) atoms. The third-order valence-electron chi connectivity index (χ3n) is 2.69. The fourth-order valence-corrected chi connectivity index (χ4v) is 1.75. The molecule has 0 radical (unpaired) electrons. The summed E-state index contributed by atoms with van der Waals surface area (Å²) in [4.78, 5) is 10.7. The molecule has 1 rings (SSSR count). The molecule has 0 bridgehead atoms. The van der Waals surface area contributed by atoms with Gasteiger partial charge in [-0.15, -0.1) is 0 Å². The quantitative estimate of drug-likeness (QED) is 0.369. The van der Waals surface area contributed by atoms with Crippen LogP contribution in [0.4, 0.5) is 0 Å². The highest BCUT2D eigenvalue weighted by Crippen LogP contribution is 2.15. The number of quaternary nitrogens is 1. The summed E-state index contributed by atoms with van der Waals surface area (Å²) in [5, 5.41) is 0. The summed E-state index contributed by atoms with van der Waals surface area (Å²) in [5.41, 5.74) is 0. The summed E-state index contributed by atoms with van der Waals surface area (Å²) >= 11 is 0. The highest BCUT2D eigenvalue weighted by molar-refractivity contribution is 5.81. The molecule has 1 aliphatic heterocycles. The van der Waals surface area contributed by atoms with Crippen LogP contribution in [0.1, 0.15) is 12.8 Å². The summed E-state index contributed by atoms with van der Waals surface area (Å²) in [6, 6.07) is 0. The normalized spacial score (nSPS) is 19.8. The Balaban J connectivity index is 2.18. The highest BCUT2D eigenvalue weighted by atomic mass is 16.5. The van der Waals surface area contributed by atoms with Gasteiger partial charge in [0.15, 0.2) is 0 Å². The lowest BCUT2D eigenvalue weighted by Gasteiger charge is -2.28. The minimum absolute atomic E-state index is 0.314. The topological polar surface area (TPSA) is 26.3 Å². The molecule has 0 unspecified atom stereocenters. The third-order valence-corrected chi connectivity index (χ3v) is 2.69. The third kappa shape index (κ3) is 3.19. The van der Waals surface area contributed by atoms with E-state index < -0.39 is 0 Å². The average molecular weight is 184 g/mol.